The van der Waals surface area contributed by atoms with Crippen molar-refractivity contribution in [2.24, 2.45) is 0 Å². The summed E-state index contributed by atoms with van der Waals surface area (Å²) in [7, 11) is 0. The molecule has 0 aromatic heterocycles. The summed E-state index contributed by atoms with van der Waals surface area (Å²) >= 11 is 6.04. The average molecular weight is 306 g/mol. The van der Waals surface area contributed by atoms with Crippen molar-refractivity contribution in [1.82, 2.24) is 0 Å². The van der Waals surface area contributed by atoms with E-state index in [4.69, 9.17) is 21.4 Å². The first-order valence-corrected chi connectivity index (χ1v) is 6.85. The Hall–Kier alpha value is -2.04. The number of amides is 1. The Labute approximate surface area is 128 Å². The van der Waals surface area contributed by atoms with Crippen LogP contribution in [-0.2, 0) is 11.4 Å². The molecule has 0 saturated carbocycles. The minimum Gasteiger partial charge on any atom is -0.484 e. The summed E-state index contributed by atoms with van der Waals surface area (Å²) in [5.41, 5.74) is 2.38. The lowest BCUT2D eigenvalue weighted by molar-refractivity contribution is -0.118. The summed E-state index contributed by atoms with van der Waals surface area (Å²) in [5, 5.41) is 12.1. The molecule has 110 valence electrons. The maximum atomic E-state index is 11.8. The maximum absolute atomic E-state index is 11.8. The number of carbonyl (C=O) groups excluding carboxylic acids is 1. The molecule has 2 aromatic rings. The lowest BCUT2D eigenvalue weighted by Crippen LogP contribution is -2.20. The number of carbonyl (C=O) groups is 1. The minimum absolute atomic E-state index is 0.0211. The topological polar surface area (TPSA) is 58.6 Å². The number of ether oxygens (including phenoxy) is 1. The van der Waals surface area contributed by atoms with E-state index in [0.717, 1.165) is 11.1 Å². The van der Waals surface area contributed by atoms with E-state index in [1.807, 2.05) is 13.0 Å². The predicted molar refractivity (Wildman–Crippen MR) is 82.7 cm³/mol. The van der Waals surface area contributed by atoms with Crippen LogP contribution >= 0.6 is 11.6 Å². The van der Waals surface area contributed by atoms with Gasteiger partial charge in [-0.2, -0.15) is 0 Å². The number of hydrogen-bond donors (Lipinski definition) is 2. The van der Waals surface area contributed by atoms with Crippen molar-refractivity contribution in [3.8, 4) is 5.75 Å². The standard InChI is InChI=1S/C16H16ClNO3/c1-11-2-7-15(14(17)8-11)18-16(20)10-21-13-5-3-12(9-19)4-6-13/h2-8,19H,9-10H2,1H3,(H,18,20). The third kappa shape index (κ3) is 4.48. The van der Waals surface area contributed by atoms with E-state index in [9.17, 15) is 4.79 Å². The zero-order valence-corrected chi connectivity index (χ0v) is 12.4. The molecule has 2 N–H and O–H groups in total. The molecule has 0 radical (unpaired) electrons. The number of benzene rings is 2. The summed E-state index contributed by atoms with van der Waals surface area (Å²) < 4.78 is 5.37. The number of anilines is 1. The molecule has 0 saturated heterocycles. The van der Waals surface area contributed by atoms with Gasteiger partial charge in [0.15, 0.2) is 6.61 Å². The molecule has 1 amide bonds. The number of aliphatic hydroxyl groups is 1. The van der Waals surface area contributed by atoms with Crippen molar-refractivity contribution < 1.29 is 14.6 Å². The van der Waals surface area contributed by atoms with Crippen molar-refractivity contribution in [3.05, 3.63) is 58.6 Å². The number of nitrogens with one attached hydrogen (secondary N) is 1. The summed E-state index contributed by atoms with van der Waals surface area (Å²) in [6, 6.07) is 12.3. The molecular weight excluding hydrogens is 290 g/mol. The summed E-state index contributed by atoms with van der Waals surface area (Å²) in [4.78, 5) is 11.8. The predicted octanol–water partition coefficient (Wildman–Crippen LogP) is 3.16. The second-order valence-corrected chi connectivity index (χ2v) is 5.03. The van der Waals surface area contributed by atoms with Crippen molar-refractivity contribution in [2.75, 3.05) is 11.9 Å². The normalized spacial score (nSPS) is 10.2. The highest BCUT2D eigenvalue weighted by molar-refractivity contribution is 6.33. The van der Waals surface area contributed by atoms with Gasteiger partial charge in [-0.05, 0) is 42.3 Å². The zero-order chi connectivity index (χ0) is 15.2. The monoisotopic (exact) mass is 305 g/mol. The molecule has 5 heteroatoms. The van der Waals surface area contributed by atoms with Gasteiger partial charge < -0.3 is 15.2 Å². The van der Waals surface area contributed by atoms with Crippen LogP contribution in [0, 0.1) is 6.92 Å². The molecular formula is C16H16ClNO3. The molecule has 0 atom stereocenters. The van der Waals surface area contributed by atoms with E-state index in [-0.39, 0.29) is 19.1 Å². The molecule has 0 aliphatic carbocycles. The van der Waals surface area contributed by atoms with E-state index in [1.165, 1.54) is 0 Å². The van der Waals surface area contributed by atoms with Crippen LogP contribution in [0.5, 0.6) is 5.75 Å². The summed E-state index contributed by atoms with van der Waals surface area (Å²) in [6.07, 6.45) is 0. The highest BCUT2D eigenvalue weighted by Gasteiger charge is 2.07. The van der Waals surface area contributed by atoms with Crippen LogP contribution in [0.3, 0.4) is 0 Å². The van der Waals surface area contributed by atoms with Gasteiger partial charge in [-0.1, -0.05) is 29.8 Å². The number of halogens is 1. The van der Waals surface area contributed by atoms with Crippen LogP contribution in [0.15, 0.2) is 42.5 Å². The fourth-order valence-corrected chi connectivity index (χ4v) is 2.03. The highest BCUT2D eigenvalue weighted by atomic mass is 35.5. The molecule has 0 heterocycles. The van der Waals surface area contributed by atoms with Crippen LogP contribution < -0.4 is 10.1 Å². The number of aliphatic hydroxyl groups excluding tert-OH is 1. The number of hydrogen-bond acceptors (Lipinski definition) is 3. The molecule has 0 spiro atoms. The van der Waals surface area contributed by atoms with Gasteiger partial charge in [-0.25, -0.2) is 0 Å². The van der Waals surface area contributed by atoms with Gasteiger partial charge >= 0.3 is 0 Å². The summed E-state index contributed by atoms with van der Waals surface area (Å²) in [5.74, 6) is 0.282. The first-order valence-electron chi connectivity index (χ1n) is 6.47. The van der Waals surface area contributed by atoms with Crippen molar-refractivity contribution in [2.45, 2.75) is 13.5 Å². The van der Waals surface area contributed by atoms with Crippen molar-refractivity contribution in [3.63, 3.8) is 0 Å². The Balaban J connectivity index is 1.89. The quantitative estimate of drug-likeness (QED) is 0.892. The molecule has 0 fully saturated rings. The third-order valence-corrected chi connectivity index (χ3v) is 3.19. The van der Waals surface area contributed by atoms with Gasteiger partial charge in [0.1, 0.15) is 5.75 Å². The van der Waals surface area contributed by atoms with Crippen LogP contribution in [0.1, 0.15) is 11.1 Å². The molecule has 2 rings (SSSR count). The second kappa shape index (κ2) is 7.11. The molecule has 0 aliphatic rings. The van der Waals surface area contributed by atoms with Gasteiger partial charge in [0.05, 0.1) is 17.3 Å². The Morgan fingerprint density at radius 3 is 2.57 bits per heavy atom. The van der Waals surface area contributed by atoms with E-state index >= 15 is 0 Å². The molecule has 0 unspecified atom stereocenters. The molecule has 0 bridgehead atoms. The van der Waals surface area contributed by atoms with E-state index in [2.05, 4.69) is 5.32 Å². The Kier molecular flexibility index (Phi) is 5.20. The van der Waals surface area contributed by atoms with E-state index < -0.39 is 0 Å². The van der Waals surface area contributed by atoms with Crippen molar-refractivity contribution in [1.29, 1.82) is 0 Å². The fraction of sp³-hybridized carbons (Fsp3) is 0.188. The Morgan fingerprint density at radius 1 is 1.24 bits per heavy atom. The van der Waals surface area contributed by atoms with Crippen molar-refractivity contribution >= 4 is 23.2 Å². The molecule has 4 nitrogen and oxygen atoms in total. The highest BCUT2D eigenvalue weighted by Crippen LogP contribution is 2.22. The largest absolute Gasteiger partial charge is 0.484 e. The van der Waals surface area contributed by atoms with Crippen LogP contribution in [0.2, 0.25) is 5.02 Å². The van der Waals surface area contributed by atoms with E-state index in [1.54, 1.807) is 36.4 Å². The van der Waals surface area contributed by atoms with Crippen LogP contribution in [0.25, 0.3) is 0 Å². The second-order valence-electron chi connectivity index (χ2n) is 4.62. The Morgan fingerprint density at radius 2 is 1.95 bits per heavy atom. The third-order valence-electron chi connectivity index (χ3n) is 2.87. The van der Waals surface area contributed by atoms with Crippen LogP contribution in [0.4, 0.5) is 5.69 Å². The number of rotatable bonds is 5. The van der Waals surface area contributed by atoms with Crippen LogP contribution in [-0.4, -0.2) is 17.6 Å². The van der Waals surface area contributed by atoms with Gasteiger partial charge in [-0.3, -0.25) is 4.79 Å². The maximum Gasteiger partial charge on any atom is 0.262 e. The minimum atomic E-state index is -0.285. The van der Waals surface area contributed by atoms with Gasteiger partial charge in [0.2, 0.25) is 0 Å². The SMILES string of the molecule is Cc1ccc(NC(=O)COc2ccc(CO)cc2)c(Cl)c1. The van der Waals surface area contributed by atoms with Gasteiger partial charge in [0, 0.05) is 0 Å². The Bertz CT molecular complexity index is 626. The average Bonchev–Trinajstić information content (AvgIpc) is 2.48. The smallest absolute Gasteiger partial charge is 0.262 e. The molecule has 0 aliphatic heterocycles. The first-order chi connectivity index (χ1) is 10.1. The van der Waals surface area contributed by atoms with Gasteiger partial charge in [-0.15, -0.1) is 0 Å². The fourth-order valence-electron chi connectivity index (χ4n) is 1.75. The number of aryl methyl sites for hydroxylation is 1. The zero-order valence-electron chi connectivity index (χ0n) is 11.6. The van der Waals surface area contributed by atoms with E-state index in [0.29, 0.717) is 16.5 Å². The first kappa shape index (κ1) is 15.4. The lowest BCUT2D eigenvalue weighted by atomic mass is 10.2. The lowest BCUT2D eigenvalue weighted by Gasteiger charge is -2.09. The summed E-state index contributed by atoms with van der Waals surface area (Å²) in [6.45, 7) is 1.80. The molecule has 21 heavy (non-hydrogen) atoms. The molecule has 2 aromatic carbocycles. The van der Waals surface area contributed by atoms with Gasteiger partial charge in [0.25, 0.3) is 5.91 Å².